The Morgan fingerprint density at radius 3 is 2.94 bits per heavy atom. The molecule has 0 spiro atoms. The minimum absolute atomic E-state index is 0.294. The first kappa shape index (κ1) is 8.96. The fourth-order valence-corrected chi connectivity index (χ4v) is 1.63. The van der Waals surface area contributed by atoms with Crippen molar-refractivity contribution in [2.24, 2.45) is 0 Å². The molecular formula is C11H8FN3O. The number of nitrogen functional groups attached to an aromatic ring is 1. The highest BCUT2D eigenvalue weighted by Gasteiger charge is 2.10. The van der Waals surface area contributed by atoms with Crippen LogP contribution >= 0.6 is 0 Å². The summed E-state index contributed by atoms with van der Waals surface area (Å²) in [6, 6.07) is 6.07. The number of halogens is 1. The average molecular weight is 217 g/mol. The van der Waals surface area contributed by atoms with E-state index in [0.717, 1.165) is 0 Å². The molecule has 2 aromatic heterocycles. The Kier molecular flexibility index (Phi) is 1.73. The Balaban J connectivity index is 2.23. The van der Waals surface area contributed by atoms with Crippen molar-refractivity contribution in [3.8, 4) is 11.5 Å². The van der Waals surface area contributed by atoms with E-state index < -0.39 is 0 Å². The third kappa shape index (κ3) is 1.25. The van der Waals surface area contributed by atoms with Gasteiger partial charge in [-0.05, 0) is 24.3 Å². The highest BCUT2D eigenvalue weighted by Crippen LogP contribution is 2.29. The van der Waals surface area contributed by atoms with Gasteiger partial charge in [-0.25, -0.2) is 4.39 Å². The second kappa shape index (κ2) is 3.10. The van der Waals surface area contributed by atoms with Gasteiger partial charge in [-0.15, -0.1) is 0 Å². The summed E-state index contributed by atoms with van der Waals surface area (Å²) in [5.41, 5.74) is 7.42. The molecule has 0 fully saturated rings. The molecule has 16 heavy (non-hydrogen) atoms. The predicted molar refractivity (Wildman–Crippen MR) is 58.2 cm³/mol. The van der Waals surface area contributed by atoms with Gasteiger partial charge in [-0.1, -0.05) is 0 Å². The number of fused-ring (bicyclic) bond motifs is 1. The number of aromatic nitrogens is 2. The van der Waals surface area contributed by atoms with E-state index in [2.05, 4.69) is 10.2 Å². The van der Waals surface area contributed by atoms with Crippen LogP contribution in [0, 0.1) is 5.82 Å². The van der Waals surface area contributed by atoms with E-state index in [4.69, 9.17) is 10.2 Å². The summed E-state index contributed by atoms with van der Waals surface area (Å²) in [6.45, 7) is 0. The third-order valence-corrected chi connectivity index (χ3v) is 2.39. The van der Waals surface area contributed by atoms with Gasteiger partial charge < -0.3 is 10.2 Å². The van der Waals surface area contributed by atoms with Crippen LogP contribution in [0.25, 0.3) is 22.4 Å². The van der Waals surface area contributed by atoms with Crippen molar-refractivity contribution >= 4 is 16.7 Å². The van der Waals surface area contributed by atoms with E-state index in [1.165, 1.54) is 18.3 Å². The van der Waals surface area contributed by atoms with Crippen LogP contribution in [0.1, 0.15) is 0 Å². The number of nitrogens with one attached hydrogen (secondary N) is 1. The lowest BCUT2D eigenvalue weighted by Gasteiger charge is -1.91. The zero-order valence-corrected chi connectivity index (χ0v) is 8.20. The molecular weight excluding hydrogens is 209 g/mol. The number of anilines is 1. The second-order valence-corrected chi connectivity index (χ2v) is 3.49. The van der Waals surface area contributed by atoms with E-state index in [9.17, 15) is 4.39 Å². The maximum Gasteiger partial charge on any atom is 0.155 e. The summed E-state index contributed by atoms with van der Waals surface area (Å²) in [5, 5.41) is 7.23. The van der Waals surface area contributed by atoms with Crippen molar-refractivity contribution < 1.29 is 8.81 Å². The van der Waals surface area contributed by atoms with E-state index >= 15 is 0 Å². The molecule has 0 aliphatic rings. The van der Waals surface area contributed by atoms with Gasteiger partial charge in [0.2, 0.25) is 0 Å². The molecule has 0 amide bonds. The number of hydrogen-bond donors (Lipinski definition) is 2. The van der Waals surface area contributed by atoms with Crippen LogP contribution in [0.4, 0.5) is 10.1 Å². The monoisotopic (exact) mass is 217 g/mol. The maximum atomic E-state index is 13.0. The summed E-state index contributed by atoms with van der Waals surface area (Å²) >= 11 is 0. The summed E-state index contributed by atoms with van der Waals surface area (Å²) in [6.07, 6.45) is 1.50. The molecule has 0 aliphatic heterocycles. The quantitative estimate of drug-likeness (QED) is 0.658. The first-order chi connectivity index (χ1) is 7.74. The molecule has 0 radical (unpaired) electrons. The van der Waals surface area contributed by atoms with Crippen LogP contribution in [-0.2, 0) is 0 Å². The fourth-order valence-electron chi connectivity index (χ4n) is 1.63. The third-order valence-electron chi connectivity index (χ3n) is 2.39. The van der Waals surface area contributed by atoms with Gasteiger partial charge in [0, 0.05) is 5.39 Å². The molecule has 0 unspecified atom stereocenters. The number of nitrogens with two attached hydrogens (primary N) is 1. The minimum Gasteiger partial charge on any atom is -0.454 e. The minimum atomic E-state index is -0.294. The van der Waals surface area contributed by atoms with Gasteiger partial charge in [-0.2, -0.15) is 5.10 Å². The van der Waals surface area contributed by atoms with Crippen LogP contribution in [0.2, 0.25) is 0 Å². The molecule has 0 saturated carbocycles. The van der Waals surface area contributed by atoms with Crippen LogP contribution < -0.4 is 5.73 Å². The lowest BCUT2D eigenvalue weighted by molar-refractivity contribution is 0.617. The van der Waals surface area contributed by atoms with E-state index in [1.54, 1.807) is 12.1 Å². The number of furan rings is 1. The molecule has 0 atom stereocenters. The molecule has 3 N–H and O–H groups in total. The molecule has 80 valence electrons. The summed E-state index contributed by atoms with van der Waals surface area (Å²) in [5.74, 6) is 0.257. The Morgan fingerprint density at radius 2 is 2.19 bits per heavy atom. The highest BCUT2D eigenvalue weighted by molar-refractivity contribution is 5.84. The van der Waals surface area contributed by atoms with Gasteiger partial charge in [0.05, 0.1) is 11.9 Å². The van der Waals surface area contributed by atoms with Crippen LogP contribution in [0.5, 0.6) is 0 Å². The Morgan fingerprint density at radius 1 is 1.31 bits per heavy atom. The SMILES string of the molecule is Nc1cn[nH]c1-c1cc2cc(F)ccc2o1. The topological polar surface area (TPSA) is 67.8 Å². The Labute approximate surface area is 89.9 Å². The van der Waals surface area contributed by atoms with E-state index in [1.807, 2.05) is 0 Å². The molecule has 0 bridgehead atoms. The maximum absolute atomic E-state index is 13.0. The smallest absolute Gasteiger partial charge is 0.155 e. The lowest BCUT2D eigenvalue weighted by Crippen LogP contribution is -1.84. The lowest BCUT2D eigenvalue weighted by atomic mass is 10.2. The van der Waals surface area contributed by atoms with Crippen LogP contribution in [-0.4, -0.2) is 10.2 Å². The molecule has 5 heteroatoms. The first-order valence-electron chi connectivity index (χ1n) is 4.72. The van der Waals surface area contributed by atoms with Crippen LogP contribution in [0.3, 0.4) is 0 Å². The van der Waals surface area contributed by atoms with E-state index in [0.29, 0.717) is 28.1 Å². The van der Waals surface area contributed by atoms with Crippen molar-refractivity contribution in [1.29, 1.82) is 0 Å². The van der Waals surface area contributed by atoms with Crippen molar-refractivity contribution in [2.45, 2.75) is 0 Å². The van der Waals surface area contributed by atoms with E-state index in [-0.39, 0.29) is 5.82 Å². The zero-order chi connectivity index (χ0) is 11.1. The summed E-state index contributed by atoms with van der Waals surface area (Å²) in [7, 11) is 0. The molecule has 3 rings (SSSR count). The van der Waals surface area contributed by atoms with Gasteiger partial charge in [0.25, 0.3) is 0 Å². The average Bonchev–Trinajstić information content (AvgIpc) is 2.82. The second-order valence-electron chi connectivity index (χ2n) is 3.49. The normalized spacial score (nSPS) is 11.1. The number of H-pyrrole nitrogens is 1. The molecule has 0 aliphatic carbocycles. The first-order valence-corrected chi connectivity index (χ1v) is 4.72. The molecule has 4 nitrogen and oxygen atoms in total. The summed E-state index contributed by atoms with van der Waals surface area (Å²) in [4.78, 5) is 0. The molecule has 1 aromatic carbocycles. The van der Waals surface area contributed by atoms with Gasteiger partial charge in [0.15, 0.2) is 5.76 Å². The van der Waals surface area contributed by atoms with Crippen molar-refractivity contribution in [3.63, 3.8) is 0 Å². The van der Waals surface area contributed by atoms with Gasteiger partial charge in [0.1, 0.15) is 17.1 Å². The van der Waals surface area contributed by atoms with Crippen LogP contribution in [0.15, 0.2) is 34.9 Å². The van der Waals surface area contributed by atoms with Crippen molar-refractivity contribution in [2.75, 3.05) is 5.73 Å². The standard InChI is InChI=1S/C11H8FN3O/c12-7-1-2-9-6(3-7)4-10(16-9)11-8(13)5-14-15-11/h1-5H,13H2,(H,14,15). The Hall–Kier alpha value is -2.30. The largest absolute Gasteiger partial charge is 0.454 e. The molecule has 0 saturated heterocycles. The van der Waals surface area contributed by atoms with Gasteiger partial charge in [-0.3, -0.25) is 5.10 Å². The zero-order valence-electron chi connectivity index (χ0n) is 8.20. The predicted octanol–water partition coefficient (Wildman–Crippen LogP) is 2.54. The number of benzene rings is 1. The summed E-state index contributed by atoms with van der Waals surface area (Å²) < 4.78 is 18.5. The van der Waals surface area contributed by atoms with Crippen molar-refractivity contribution in [1.82, 2.24) is 10.2 Å². The molecule has 3 aromatic rings. The number of nitrogens with zero attached hydrogens (tertiary/aromatic N) is 1. The number of hydrogen-bond acceptors (Lipinski definition) is 3. The van der Waals surface area contributed by atoms with Gasteiger partial charge >= 0.3 is 0 Å². The highest BCUT2D eigenvalue weighted by atomic mass is 19.1. The van der Waals surface area contributed by atoms with Crippen molar-refractivity contribution in [3.05, 3.63) is 36.3 Å². The fraction of sp³-hybridized carbons (Fsp3) is 0. The number of rotatable bonds is 1. The molecule has 2 heterocycles. The Bertz CT molecular complexity index is 656. The number of aromatic amines is 1.